The first-order valence-electron chi connectivity index (χ1n) is 6.34. The molecule has 3 rings (SSSR count). The van der Waals surface area contributed by atoms with Gasteiger partial charge in [0.1, 0.15) is 23.7 Å². The van der Waals surface area contributed by atoms with Gasteiger partial charge in [0.05, 0.1) is 22.9 Å². The lowest BCUT2D eigenvalue weighted by Crippen LogP contribution is -2.61. The fourth-order valence-electron chi connectivity index (χ4n) is 2.15. The Morgan fingerprint density at radius 3 is 2.90 bits per heavy atom. The summed E-state index contributed by atoms with van der Waals surface area (Å²) in [7, 11) is 0. The van der Waals surface area contributed by atoms with Gasteiger partial charge in [0.15, 0.2) is 5.65 Å². The van der Waals surface area contributed by atoms with Crippen LogP contribution in [-0.2, 0) is 4.74 Å². The molecule has 7 nitrogen and oxygen atoms in total. The molecule has 3 heterocycles. The van der Waals surface area contributed by atoms with Crippen LogP contribution in [0.1, 0.15) is 0 Å². The van der Waals surface area contributed by atoms with Crippen molar-refractivity contribution in [2.45, 2.75) is 34.7 Å². The molecular formula is C12H15N3O4S2. The average molecular weight is 329 g/mol. The Kier molecular flexibility index (Phi) is 4.41. The molecule has 0 spiro atoms. The van der Waals surface area contributed by atoms with Gasteiger partial charge in [-0.3, -0.25) is 0 Å². The number of nitrogens with zero attached hydrogens (tertiary/aromatic N) is 2. The summed E-state index contributed by atoms with van der Waals surface area (Å²) in [6, 6.07) is 1.04. The summed E-state index contributed by atoms with van der Waals surface area (Å²) in [4.78, 5) is 9.12. The normalized spacial score (nSPS) is 33.4. The Morgan fingerprint density at radius 2 is 2.14 bits per heavy atom. The zero-order chi connectivity index (χ0) is 15.0. The Labute approximate surface area is 128 Å². The summed E-state index contributed by atoms with van der Waals surface area (Å²) in [6.45, 7) is -0.356. The first-order valence-corrected chi connectivity index (χ1v) is 8.10. The van der Waals surface area contributed by atoms with Crippen LogP contribution in [-0.4, -0.2) is 61.7 Å². The number of hydrogen-bond donors (Lipinski definition) is 4. The van der Waals surface area contributed by atoms with Gasteiger partial charge in [-0.2, -0.15) is 0 Å². The molecule has 0 aliphatic carbocycles. The molecule has 5 unspecified atom stereocenters. The molecule has 114 valence electrons. The number of fused-ring (bicyclic) bond motifs is 1. The van der Waals surface area contributed by atoms with Crippen molar-refractivity contribution in [1.29, 1.82) is 0 Å². The maximum Gasteiger partial charge on any atom is 0.170 e. The van der Waals surface area contributed by atoms with E-state index in [0.29, 0.717) is 5.65 Å². The minimum Gasteiger partial charge on any atom is -0.394 e. The molecule has 0 aromatic carbocycles. The third kappa shape index (κ3) is 2.90. The predicted octanol–water partition coefficient (Wildman–Crippen LogP) is -0.450. The van der Waals surface area contributed by atoms with Crippen LogP contribution >= 0.6 is 23.1 Å². The van der Waals surface area contributed by atoms with Crippen LogP contribution in [0.2, 0.25) is 0 Å². The molecule has 1 saturated heterocycles. The van der Waals surface area contributed by atoms with E-state index in [1.54, 1.807) is 11.7 Å². The standard InChI is InChI=1S/C12H15N3O4S2/c13-8-9(17)6(3-16)19-12(10(8)18)21-5-1-7-11(14-2-5)15-4-20-7/h1-2,4,6,8-10,12,16-18H,3,13H2. The van der Waals surface area contributed by atoms with Crippen molar-refractivity contribution >= 4 is 33.4 Å². The third-order valence-corrected chi connectivity index (χ3v) is 5.23. The molecule has 1 aliphatic heterocycles. The first-order chi connectivity index (χ1) is 10.1. The van der Waals surface area contributed by atoms with E-state index in [1.807, 2.05) is 6.07 Å². The van der Waals surface area contributed by atoms with Gasteiger partial charge in [-0.1, -0.05) is 11.8 Å². The summed E-state index contributed by atoms with van der Waals surface area (Å²) in [5.74, 6) is 0. The lowest BCUT2D eigenvalue weighted by atomic mass is 9.98. The molecule has 0 saturated carbocycles. The van der Waals surface area contributed by atoms with Crippen molar-refractivity contribution in [3.05, 3.63) is 17.8 Å². The second kappa shape index (κ2) is 6.13. The summed E-state index contributed by atoms with van der Waals surface area (Å²) in [6.07, 6.45) is -1.29. The number of ether oxygens (including phenoxy) is 1. The minimum absolute atomic E-state index is 0.356. The molecule has 0 bridgehead atoms. The first kappa shape index (κ1) is 15.1. The lowest BCUT2D eigenvalue weighted by molar-refractivity contribution is -0.160. The number of thioether (sulfide) groups is 1. The van der Waals surface area contributed by atoms with E-state index in [1.165, 1.54) is 23.1 Å². The summed E-state index contributed by atoms with van der Waals surface area (Å²) < 4.78 is 6.46. The van der Waals surface area contributed by atoms with Gasteiger partial charge < -0.3 is 25.8 Å². The molecule has 2 aromatic heterocycles. The maximum absolute atomic E-state index is 10.1. The van der Waals surface area contributed by atoms with Crippen LogP contribution in [0.15, 0.2) is 22.7 Å². The van der Waals surface area contributed by atoms with Gasteiger partial charge in [-0.05, 0) is 6.07 Å². The third-order valence-electron chi connectivity index (χ3n) is 3.35. The molecule has 2 aromatic rings. The van der Waals surface area contributed by atoms with E-state index < -0.39 is 29.8 Å². The van der Waals surface area contributed by atoms with Crippen molar-refractivity contribution in [2.24, 2.45) is 5.73 Å². The topological polar surface area (TPSA) is 122 Å². The smallest absolute Gasteiger partial charge is 0.170 e. The monoisotopic (exact) mass is 329 g/mol. The van der Waals surface area contributed by atoms with E-state index in [2.05, 4.69) is 9.97 Å². The minimum atomic E-state index is -1.09. The van der Waals surface area contributed by atoms with E-state index >= 15 is 0 Å². The Balaban J connectivity index is 1.79. The van der Waals surface area contributed by atoms with Gasteiger partial charge in [0.2, 0.25) is 0 Å². The van der Waals surface area contributed by atoms with Crippen LogP contribution in [0.3, 0.4) is 0 Å². The highest BCUT2D eigenvalue weighted by Crippen LogP contribution is 2.33. The van der Waals surface area contributed by atoms with E-state index in [-0.39, 0.29) is 6.61 Å². The Morgan fingerprint density at radius 1 is 1.33 bits per heavy atom. The number of aromatic nitrogens is 2. The van der Waals surface area contributed by atoms with Gasteiger partial charge >= 0.3 is 0 Å². The quantitative estimate of drug-likeness (QED) is 0.597. The maximum atomic E-state index is 10.1. The van der Waals surface area contributed by atoms with Gasteiger partial charge in [0.25, 0.3) is 0 Å². The number of hydrogen-bond acceptors (Lipinski definition) is 9. The van der Waals surface area contributed by atoms with Crippen LogP contribution in [0.5, 0.6) is 0 Å². The largest absolute Gasteiger partial charge is 0.394 e. The zero-order valence-electron chi connectivity index (χ0n) is 10.9. The number of nitrogens with two attached hydrogens (primary N) is 1. The van der Waals surface area contributed by atoms with Crippen molar-refractivity contribution in [3.8, 4) is 0 Å². The van der Waals surface area contributed by atoms with E-state index in [0.717, 1.165) is 9.60 Å². The molecule has 9 heteroatoms. The summed E-state index contributed by atoms with van der Waals surface area (Å²) in [5.41, 5.74) is 7.49. The molecule has 1 fully saturated rings. The molecule has 0 radical (unpaired) electrons. The Hall–Kier alpha value is -0.810. The molecule has 21 heavy (non-hydrogen) atoms. The van der Waals surface area contributed by atoms with Crippen LogP contribution in [0.25, 0.3) is 10.3 Å². The molecule has 0 amide bonds. The fraction of sp³-hybridized carbons (Fsp3) is 0.500. The lowest BCUT2D eigenvalue weighted by Gasteiger charge is -2.40. The molecule has 1 aliphatic rings. The van der Waals surface area contributed by atoms with Crippen LogP contribution in [0.4, 0.5) is 0 Å². The number of aliphatic hydroxyl groups is 3. The van der Waals surface area contributed by atoms with Crippen molar-refractivity contribution < 1.29 is 20.1 Å². The average Bonchev–Trinajstić information content (AvgIpc) is 2.95. The second-order valence-electron chi connectivity index (χ2n) is 4.75. The Bertz CT molecular complexity index is 623. The van der Waals surface area contributed by atoms with Crippen LogP contribution in [0, 0.1) is 0 Å². The number of aliphatic hydroxyl groups excluding tert-OH is 3. The highest BCUT2D eigenvalue weighted by Gasteiger charge is 2.42. The van der Waals surface area contributed by atoms with Gasteiger partial charge in [0, 0.05) is 11.1 Å². The molecule has 5 N–H and O–H groups in total. The number of thiazole rings is 1. The molecule has 5 atom stereocenters. The highest BCUT2D eigenvalue weighted by molar-refractivity contribution is 7.99. The fourth-order valence-corrected chi connectivity index (χ4v) is 3.98. The molecular weight excluding hydrogens is 314 g/mol. The summed E-state index contributed by atoms with van der Waals surface area (Å²) >= 11 is 2.73. The summed E-state index contributed by atoms with van der Waals surface area (Å²) in [5, 5.41) is 29.1. The zero-order valence-corrected chi connectivity index (χ0v) is 12.5. The number of rotatable bonds is 3. The second-order valence-corrected chi connectivity index (χ2v) is 6.81. The highest BCUT2D eigenvalue weighted by atomic mass is 32.2. The van der Waals surface area contributed by atoms with Crippen LogP contribution < -0.4 is 5.73 Å². The van der Waals surface area contributed by atoms with Crippen molar-refractivity contribution in [3.63, 3.8) is 0 Å². The van der Waals surface area contributed by atoms with E-state index in [4.69, 9.17) is 10.5 Å². The SMILES string of the molecule is NC1C(O)C(CO)OC(Sc2cnc3ncsc3c2)C1O. The van der Waals surface area contributed by atoms with Crippen molar-refractivity contribution in [2.75, 3.05) is 6.61 Å². The van der Waals surface area contributed by atoms with Crippen molar-refractivity contribution in [1.82, 2.24) is 9.97 Å². The van der Waals surface area contributed by atoms with Gasteiger partial charge in [-0.15, -0.1) is 11.3 Å². The number of pyridine rings is 1. The van der Waals surface area contributed by atoms with E-state index in [9.17, 15) is 15.3 Å². The predicted molar refractivity (Wildman–Crippen MR) is 79.0 cm³/mol. The van der Waals surface area contributed by atoms with Gasteiger partial charge in [-0.25, -0.2) is 9.97 Å².